The highest BCUT2D eigenvalue weighted by molar-refractivity contribution is 5.69. The minimum absolute atomic E-state index is 0.123. The molecule has 0 unspecified atom stereocenters. The Bertz CT molecular complexity index is 348. The van der Waals surface area contributed by atoms with Gasteiger partial charge in [0.2, 0.25) is 0 Å². The van der Waals surface area contributed by atoms with Crippen molar-refractivity contribution in [1.29, 1.82) is 0 Å². The molecule has 19 heavy (non-hydrogen) atoms. The lowest BCUT2D eigenvalue weighted by Crippen LogP contribution is -2.21. The number of para-hydroxylation sites is 1. The van der Waals surface area contributed by atoms with Crippen molar-refractivity contribution in [3.05, 3.63) is 30.3 Å². The van der Waals surface area contributed by atoms with Crippen LogP contribution in [-0.4, -0.2) is 18.7 Å². The Morgan fingerprint density at radius 2 is 1.89 bits per heavy atom. The summed E-state index contributed by atoms with van der Waals surface area (Å²) < 4.78 is 10.8. The van der Waals surface area contributed by atoms with Crippen LogP contribution in [0.5, 0.6) is 5.75 Å². The van der Waals surface area contributed by atoms with Crippen molar-refractivity contribution in [3.8, 4) is 5.75 Å². The van der Waals surface area contributed by atoms with Crippen molar-refractivity contribution in [1.82, 2.24) is 0 Å². The van der Waals surface area contributed by atoms with Gasteiger partial charge in [0, 0.05) is 6.42 Å². The molecule has 0 heterocycles. The first-order valence-electron chi connectivity index (χ1n) is 7.09. The summed E-state index contributed by atoms with van der Waals surface area (Å²) in [7, 11) is 0. The summed E-state index contributed by atoms with van der Waals surface area (Å²) in [6, 6.07) is 9.56. The second-order valence-electron chi connectivity index (χ2n) is 4.74. The maximum atomic E-state index is 11.5. The van der Waals surface area contributed by atoms with E-state index in [9.17, 15) is 4.79 Å². The van der Waals surface area contributed by atoms with Crippen molar-refractivity contribution in [2.75, 3.05) is 6.61 Å². The molecule has 0 N–H and O–H groups in total. The first-order chi connectivity index (χ1) is 9.22. The molecule has 1 atom stereocenters. The molecule has 0 aromatic heterocycles. The van der Waals surface area contributed by atoms with Gasteiger partial charge in [-0.1, -0.05) is 44.4 Å². The number of unbranched alkanes of at least 4 members (excludes halogenated alkanes) is 3. The number of benzene rings is 1. The van der Waals surface area contributed by atoms with Crippen LogP contribution in [0.2, 0.25) is 0 Å². The monoisotopic (exact) mass is 264 g/mol. The van der Waals surface area contributed by atoms with E-state index < -0.39 is 0 Å². The minimum atomic E-state index is -0.125. The highest BCUT2D eigenvalue weighted by Crippen LogP contribution is 2.11. The number of ether oxygens (including phenoxy) is 2. The van der Waals surface area contributed by atoms with Crippen LogP contribution < -0.4 is 4.74 Å². The van der Waals surface area contributed by atoms with Crippen LogP contribution in [0.25, 0.3) is 0 Å². The fourth-order valence-corrected chi connectivity index (χ4v) is 1.74. The molecule has 0 spiro atoms. The zero-order valence-electron chi connectivity index (χ0n) is 11.9. The van der Waals surface area contributed by atoms with Crippen molar-refractivity contribution < 1.29 is 14.3 Å². The number of hydrogen-bond donors (Lipinski definition) is 0. The largest absolute Gasteiger partial charge is 0.487 e. The second kappa shape index (κ2) is 9.42. The Morgan fingerprint density at radius 1 is 1.16 bits per heavy atom. The van der Waals surface area contributed by atoms with E-state index in [-0.39, 0.29) is 12.1 Å². The van der Waals surface area contributed by atoms with E-state index in [1.54, 1.807) is 0 Å². The summed E-state index contributed by atoms with van der Waals surface area (Å²) in [5.74, 6) is 0.675. The Kier molecular flexibility index (Phi) is 7.71. The SMILES string of the molecule is CCCCCCC(=O)OC[C@@H](C)Oc1ccccc1. The number of rotatable bonds is 9. The molecule has 0 aliphatic heterocycles. The average Bonchev–Trinajstić information content (AvgIpc) is 2.42. The van der Waals surface area contributed by atoms with Gasteiger partial charge in [0.15, 0.2) is 0 Å². The first kappa shape index (κ1) is 15.5. The van der Waals surface area contributed by atoms with E-state index in [0.29, 0.717) is 13.0 Å². The summed E-state index contributed by atoms with van der Waals surface area (Å²) in [5, 5.41) is 0. The summed E-state index contributed by atoms with van der Waals surface area (Å²) in [4.78, 5) is 11.5. The van der Waals surface area contributed by atoms with Crippen LogP contribution >= 0.6 is 0 Å². The molecule has 0 aliphatic rings. The standard InChI is InChI=1S/C16H24O3/c1-3-4-5-9-12-16(17)18-13-14(2)19-15-10-7-6-8-11-15/h6-8,10-11,14H,3-5,9,12-13H2,1-2H3/t14-/m1/s1. The molecular formula is C16H24O3. The lowest BCUT2D eigenvalue weighted by molar-refractivity contribution is -0.146. The normalized spacial score (nSPS) is 11.9. The Hall–Kier alpha value is -1.51. The zero-order chi connectivity index (χ0) is 13.9. The van der Waals surface area contributed by atoms with Gasteiger partial charge in [0.25, 0.3) is 0 Å². The molecule has 106 valence electrons. The van der Waals surface area contributed by atoms with Crippen LogP contribution in [0.1, 0.15) is 46.0 Å². The molecule has 0 saturated heterocycles. The average molecular weight is 264 g/mol. The van der Waals surface area contributed by atoms with Crippen LogP contribution in [0.4, 0.5) is 0 Å². The Morgan fingerprint density at radius 3 is 2.58 bits per heavy atom. The molecule has 0 aliphatic carbocycles. The van der Waals surface area contributed by atoms with Crippen LogP contribution in [-0.2, 0) is 9.53 Å². The van der Waals surface area contributed by atoms with E-state index >= 15 is 0 Å². The number of esters is 1. The van der Waals surface area contributed by atoms with E-state index in [4.69, 9.17) is 9.47 Å². The fourth-order valence-electron chi connectivity index (χ4n) is 1.74. The lowest BCUT2D eigenvalue weighted by Gasteiger charge is -2.14. The van der Waals surface area contributed by atoms with Crippen molar-refractivity contribution in [3.63, 3.8) is 0 Å². The molecule has 0 radical (unpaired) electrons. The van der Waals surface area contributed by atoms with E-state index in [1.165, 1.54) is 12.8 Å². The summed E-state index contributed by atoms with van der Waals surface area (Å²) in [5.41, 5.74) is 0. The number of hydrogen-bond acceptors (Lipinski definition) is 3. The van der Waals surface area contributed by atoms with Gasteiger partial charge in [-0.25, -0.2) is 0 Å². The molecule has 3 heteroatoms. The topological polar surface area (TPSA) is 35.5 Å². The molecule has 1 aromatic rings. The smallest absolute Gasteiger partial charge is 0.305 e. The molecule has 1 rings (SSSR count). The van der Waals surface area contributed by atoms with E-state index in [1.807, 2.05) is 37.3 Å². The Balaban J connectivity index is 2.12. The molecule has 0 fully saturated rings. The molecule has 1 aromatic carbocycles. The van der Waals surface area contributed by atoms with Gasteiger partial charge < -0.3 is 9.47 Å². The van der Waals surface area contributed by atoms with Gasteiger partial charge >= 0.3 is 5.97 Å². The quantitative estimate of drug-likeness (QED) is 0.500. The third-order valence-electron chi connectivity index (χ3n) is 2.79. The van der Waals surface area contributed by atoms with E-state index in [2.05, 4.69) is 6.92 Å². The lowest BCUT2D eigenvalue weighted by atomic mass is 10.2. The van der Waals surface area contributed by atoms with Crippen LogP contribution in [0.15, 0.2) is 30.3 Å². The van der Waals surface area contributed by atoms with Gasteiger partial charge in [0.1, 0.15) is 18.5 Å². The summed E-state index contributed by atoms with van der Waals surface area (Å²) in [6.45, 7) is 4.36. The highest BCUT2D eigenvalue weighted by Gasteiger charge is 2.08. The number of carbonyl (C=O) groups is 1. The molecule has 3 nitrogen and oxygen atoms in total. The highest BCUT2D eigenvalue weighted by atomic mass is 16.6. The third kappa shape index (κ3) is 7.50. The predicted molar refractivity (Wildman–Crippen MR) is 76.3 cm³/mol. The minimum Gasteiger partial charge on any atom is -0.487 e. The van der Waals surface area contributed by atoms with Gasteiger partial charge in [-0.2, -0.15) is 0 Å². The van der Waals surface area contributed by atoms with E-state index in [0.717, 1.165) is 18.6 Å². The van der Waals surface area contributed by atoms with Gasteiger partial charge in [-0.15, -0.1) is 0 Å². The third-order valence-corrected chi connectivity index (χ3v) is 2.79. The molecule has 0 bridgehead atoms. The van der Waals surface area contributed by atoms with Gasteiger partial charge in [-0.05, 0) is 25.5 Å². The van der Waals surface area contributed by atoms with Crippen LogP contribution in [0.3, 0.4) is 0 Å². The maximum Gasteiger partial charge on any atom is 0.305 e. The first-order valence-corrected chi connectivity index (χ1v) is 7.09. The molecule has 0 saturated carbocycles. The fraction of sp³-hybridized carbons (Fsp3) is 0.562. The second-order valence-corrected chi connectivity index (χ2v) is 4.74. The van der Waals surface area contributed by atoms with Crippen molar-refractivity contribution >= 4 is 5.97 Å². The predicted octanol–water partition coefficient (Wildman–Crippen LogP) is 3.97. The molecular weight excluding hydrogens is 240 g/mol. The zero-order valence-corrected chi connectivity index (χ0v) is 11.9. The summed E-state index contributed by atoms with van der Waals surface area (Å²) in [6.07, 6.45) is 4.76. The Labute approximate surface area is 115 Å². The molecule has 0 amide bonds. The summed E-state index contributed by atoms with van der Waals surface area (Å²) >= 11 is 0. The van der Waals surface area contributed by atoms with Gasteiger partial charge in [0.05, 0.1) is 0 Å². The number of carbonyl (C=O) groups excluding carboxylic acids is 1. The van der Waals surface area contributed by atoms with Gasteiger partial charge in [-0.3, -0.25) is 4.79 Å². The van der Waals surface area contributed by atoms with Crippen molar-refractivity contribution in [2.45, 2.75) is 52.1 Å². The maximum absolute atomic E-state index is 11.5. The van der Waals surface area contributed by atoms with Crippen molar-refractivity contribution in [2.24, 2.45) is 0 Å². The van der Waals surface area contributed by atoms with Crippen LogP contribution in [0, 0.1) is 0 Å².